The number of nitrogens with zero attached hydrogens (tertiary/aromatic N) is 1. The van der Waals surface area contributed by atoms with Gasteiger partial charge in [0.15, 0.2) is 5.69 Å². The highest BCUT2D eigenvalue weighted by Crippen LogP contribution is 2.36. The number of nitrogens with one attached hydrogen (secondary N) is 2. The summed E-state index contributed by atoms with van der Waals surface area (Å²) in [6.07, 6.45) is 0.650. The van der Waals surface area contributed by atoms with Crippen LogP contribution in [0.2, 0.25) is 0 Å². The maximum atomic E-state index is 12.9. The topological polar surface area (TPSA) is 84.1 Å². The largest absolute Gasteiger partial charge is 0.493 e. The average Bonchev–Trinajstić information content (AvgIpc) is 2.62. The third kappa shape index (κ3) is 2.55. The second-order valence-electron chi connectivity index (χ2n) is 6.33. The predicted molar refractivity (Wildman–Crippen MR) is 93.7 cm³/mol. The van der Waals surface area contributed by atoms with Crippen LogP contribution in [0.4, 0.5) is 0 Å². The first-order valence-electron chi connectivity index (χ1n) is 8.11. The number of aromatic amines is 1. The number of ether oxygens (including phenoxy) is 1. The maximum absolute atomic E-state index is 12.9. The summed E-state index contributed by atoms with van der Waals surface area (Å²) in [5.74, 6) is 0.447. The van der Waals surface area contributed by atoms with Crippen molar-refractivity contribution in [1.82, 2.24) is 15.5 Å². The third-order valence-electron chi connectivity index (χ3n) is 4.64. The van der Waals surface area contributed by atoms with E-state index in [0.29, 0.717) is 23.8 Å². The van der Waals surface area contributed by atoms with Gasteiger partial charge in [0.1, 0.15) is 5.75 Å². The van der Waals surface area contributed by atoms with E-state index in [2.05, 4.69) is 15.5 Å². The number of hydrogen-bond donors (Lipinski definition) is 2. The molecule has 0 fully saturated rings. The van der Waals surface area contributed by atoms with E-state index < -0.39 is 5.54 Å². The van der Waals surface area contributed by atoms with Crippen molar-refractivity contribution in [2.75, 3.05) is 6.61 Å². The summed E-state index contributed by atoms with van der Waals surface area (Å²) in [4.78, 5) is 24.8. The summed E-state index contributed by atoms with van der Waals surface area (Å²) in [6.45, 7) is 2.49. The van der Waals surface area contributed by atoms with E-state index in [9.17, 15) is 9.59 Å². The Morgan fingerprint density at radius 1 is 1.16 bits per heavy atom. The van der Waals surface area contributed by atoms with Gasteiger partial charge in [-0.1, -0.05) is 36.4 Å². The van der Waals surface area contributed by atoms with E-state index in [1.807, 2.05) is 31.2 Å². The first-order chi connectivity index (χ1) is 12.1. The van der Waals surface area contributed by atoms with Crippen molar-refractivity contribution in [3.63, 3.8) is 0 Å². The van der Waals surface area contributed by atoms with Crippen LogP contribution in [-0.4, -0.2) is 22.7 Å². The monoisotopic (exact) mass is 335 g/mol. The standard InChI is InChI=1S/C19H17N3O3/c1-19(10-11-25-15-9-5-4-8-14(15)19)20-18(24)16-12-6-2-3-7-13(12)17(23)22-21-16/h2-9H,10-11H2,1H3,(H,20,24)(H,22,23). The molecule has 6 nitrogen and oxygen atoms in total. The second-order valence-corrected chi connectivity index (χ2v) is 6.33. The van der Waals surface area contributed by atoms with Gasteiger partial charge in [0.2, 0.25) is 0 Å². The van der Waals surface area contributed by atoms with E-state index in [1.54, 1.807) is 24.3 Å². The van der Waals surface area contributed by atoms with Crippen LogP contribution in [0.3, 0.4) is 0 Å². The second kappa shape index (κ2) is 5.73. The van der Waals surface area contributed by atoms with Crippen molar-refractivity contribution < 1.29 is 9.53 Å². The van der Waals surface area contributed by atoms with Gasteiger partial charge < -0.3 is 10.1 Å². The molecule has 0 radical (unpaired) electrons. The smallest absolute Gasteiger partial charge is 0.273 e. The number of aromatic nitrogens is 2. The highest BCUT2D eigenvalue weighted by molar-refractivity contribution is 6.05. The number of rotatable bonds is 2. The highest BCUT2D eigenvalue weighted by Gasteiger charge is 2.35. The molecule has 0 bridgehead atoms. The minimum absolute atomic E-state index is 0.209. The minimum Gasteiger partial charge on any atom is -0.493 e. The van der Waals surface area contributed by atoms with Crippen molar-refractivity contribution in [3.05, 3.63) is 70.1 Å². The fraction of sp³-hybridized carbons (Fsp3) is 0.211. The van der Waals surface area contributed by atoms with Gasteiger partial charge >= 0.3 is 0 Å². The van der Waals surface area contributed by atoms with Gasteiger partial charge in [-0.15, -0.1) is 0 Å². The zero-order valence-corrected chi connectivity index (χ0v) is 13.7. The molecular formula is C19H17N3O3. The van der Waals surface area contributed by atoms with Gasteiger partial charge in [-0.05, 0) is 19.1 Å². The summed E-state index contributed by atoms with van der Waals surface area (Å²) in [7, 11) is 0. The van der Waals surface area contributed by atoms with Crippen LogP contribution >= 0.6 is 0 Å². The Labute approximate surface area is 143 Å². The summed E-state index contributed by atoms with van der Waals surface area (Å²) in [6, 6.07) is 14.6. The zero-order valence-electron chi connectivity index (χ0n) is 13.7. The number of carbonyl (C=O) groups is 1. The van der Waals surface area contributed by atoms with E-state index >= 15 is 0 Å². The van der Waals surface area contributed by atoms with Gasteiger partial charge in [-0.3, -0.25) is 9.59 Å². The molecule has 0 saturated heterocycles. The van der Waals surface area contributed by atoms with Crippen molar-refractivity contribution >= 4 is 16.7 Å². The van der Waals surface area contributed by atoms with Gasteiger partial charge in [-0.25, -0.2) is 5.10 Å². The molecule has 0 spiro atoms. The molecule has 0 aliphatic carbocycles. The van der Waals surface area contributed by atoms with Crippen molar-refractivity contribution in [3.8, 4) is 5.75 Å². The molecule has 2 heterocycles. The SMILES string of the molecule is CC1(NC(=O)c2n[nH]c(=O)c3ccccc23)CCOc2ccccc21. The van der Waals surface area contributed by atoms with Crippen LogP contribution in [0.5, 0.6) is 5.75 Å². The van der Waals surface area contributed by atoms with E-state index in [1.165, 1.54) is 0 Å². The fourth-order valence-corrected chi connectivity index (χ4v) is 3.28. The zero-order chi connectivity index (χ0) is 17.4. The first kappa shape index (κ1) is 15.4. The lowest BCUT2D eigenvalue weighted by molar-refractivity contribution is 0.0869. The molecular weight excluding hydrogens is 318 g/mol. The molecule has 2 N–H and O–H groups in total. The molecule has 1 aromatic heterocycles. The third-order valence-corrected chi connectivity index (χ3v) is 4.64. The molecule has 2 aromatic carbocycles. The van der Waals surface area contributed by atoms with E-state index in [-0.39, 0.29) is 17.2 Å². The molecule has 6 heteroatoms. The molecule has 126 valence electrons. The summed E-state index contributed by atoms with van der Waals surface area (Å²) in [5, 5.41) is 10.4. The molecule has 1 atom stereocenters. The number of benzene rings is 2. The first-order valence-corrected chi connectivity index (χ1v) is 8.11. The normalized spacial score (nSPS) is 19.1. The van der Waals surface area contributed by atoms with E-state index in [0.717, 1.165) is 11.3 Å². The van der Waals surface area contributed by atoms with Gasteiger partial charge in [0.05, 0.1) is 17.5 Å². The van der Waals surface area contributed by atoms with E-state index in [4.69, 9.17) is 4.74 Å². The van der Waals surface area contributed by atoms with Gasteiger partial charge in [0, 0.05) is 17.4 Å². The van der Waals surface area contributed by atoms with Crippen LogP contribution in [0.15, 0.2) is 53.3 Å². The van der Waals surface area contributed by atoms with Crippen LogP contribution in [0.1, 0.15) is 29.4 Å². The van der Waals surface area contributed by atoms with Crippen molar-refractivity contribution in [2.24, 2.45) is 0 Å². The Balaban J connectivity index is 1.75. The Morgan fingerprint density at radius 3 is 2.72 bits per heavy atom. The lowest BCUT2D eigenvalue weighted by atomic mass is 9.86. The van der Waals surface area contributed by atoms with Gasteiger partial charge in [-0.2, -0.15) is 5.10 Å². The minimum atomic E-state index is -0.565. The fourth-order valence-electron chi connectivity index (χ4n) is 3.28. The van der Waals surface area contributed by atoms with Gasteiger partial charge in [0.25, 0.3) is 11.5 Å². The number of H-pyrrole nitrogens is 1. The van der Waals surface area contributed by atoms with Crippen LogP contribution in [0, 0.1) is 0 Å². The molecule has 0 saturated carbocycles. The van der Waals surface area contributed by atoms with Crippen LogP contribution < -0.4 is 15.6 Å². The number of amides is 1. The molecule has 1 amide bonds. The Kier molecular flexibility index (Phi) is 3.53. The highest BCUT2D eigenvalue weighted by atomic mass is 16.5. The number of para-hydroxylation sites is 1. The molecule has 3 aromatic rings. The number of hydrogen-bond acceptors (Lipinski definition) is 4. The maximum Gasteiger partial charge on any atom is 0.273 e. The van der Waals surface area contributed by atoms with Crippen LogP contribution in [0.25, 0.3) is 10.8 Å². The Morgan fingerprint density at radius 2 is 1.88 bits per heavy atom. The predicted octanol–water partition coefficient (Wildman–Crippen LogP) is 2.35. The molecule has 1 aliphatic rings. The molecule has 25 heavy (non-hydrogen) atoms. The summed E-state index contributed by atoms with van der Waals surface area (Å²) >= 11 is 0. The Bertz CT molecular complexity index is 1030. The number of carbonyl (C=O) groups excluding carboxylic acids is 1. The average molecular weight is 335 g/mol. The van der Waals surface area contributed by atoms with Crippen molar-refractivity contribution in [2.45, 2.75) is 18.9 Å². The lowest BCUT2D eigenvalue weighted by Gasteiger charge is -2.36. The summed E-state index contributed by atoms with van der Waals surface area (Å²) in [5.41, 5.74) is 0.267. The molecule has 4 rings (SSSR count). The summed E-state index contributed by atoms with van der Waals surface area (Å²) < 4.78 is 5.68. The molecule has 1 unspecified atom stereocenters. The molecule has 1 aliphatic heterocycles. The van der Waals surface area contributed by atoms with Crippen molar-refractivity contribution in [1.29, 1.82) is 0 Å². The quantitative estimate of drug-likeness (QED) is 0.753. The Hall–Kier alpha value is -3.15. The lowest BCUT2D eigenvalue weighted by Crippen LogP contribution is -2.47. The van der Waals surface area contributed by atoms with Crippen LogP contribution in [-0.2, 0) is 5.54 Å². The number of fused-ring (bicyclic) bond motifs is 2.